The molecule has 23 heavy (non-hydrogen) atoms. The summed E-state index contributed by atoms with van der Waals surface area (Å²) in [7, 11) is 0. The molecule has 4 nitrogen and oxygen atoms in total. The van der Waals surface area contributed by atoms with Gasteiger partial charge in [0.25, 0.3) is 0 Å². The van der Waals surface area contributed by atoms with Gasteiger partial charge in [-0.15, -0.1) is 0 Å². The van der Waals surface area contributed by atoms with Gasteiger partial charge in [0.05, 0.1) is 16.6 Å². The third kappa shape index (κ3) is 4.80. The Morgan fingerprint density at radius 2 is 1.74 bits per heavy atom. The number of ether oxygens (including phenoxy) is 1. The Kier molecular flexibility index (Phi) is 6.63. The predicted molar refractivity (Wildman–Crippen MR) is 94.1 cm³/mol. The van der Waals surface area contributed by atoms with E-state index in [1.807, 2.05) is 19.1 Å². The van der Waals surface area contributed by atoms with E-state index >= 15 is 0 Å². The maximum absolute atomic E-state index is 12.4. The van der Waals surface area contributed by atoms with Crippen LogP contribution in [-0.4, -0.2) is 35.2 Å². The van der Waals surface area contributed by atoms with Crippen LogP contribution in [0.25, 0.3) is 0 Å². The second-order valence-electron chi connectivity index (χ2n) is 4.91. The van der Waals surface area contributed by atoms with Crippen molar-refractivity contribution in [2.75, 3.05) is 19.7 Å². The zero-order valence-corrected chi connectivity index (χ0v) is 14.9. The molecule has 1 heterocycles. The topological polar surface area (TPSA) is 34.5 Å². The molecule has 0 radical (unpaired) electrons. The summed E-state index contributed by atoms with van der Waals surface area (Å²) in [5.41, 5.74) is 0. The molecule has 0 aliphatic carbocycles. The molecule has 1 amide bonds. The highest BCUT2D eigenvalue weighted by Crippen LogP contribution is 2.35. The number of aromatic nitrogens is 1. The van der Waals surface area contributed by atoms with Gasteiger partial charge in [-0.05, 0) is 30.7 Å². The van der Waals surface area contributed by atoms with Crippen LogP contribution in [0.4, 0.5) is 4.79 Å². The van der Waals surface area contributed by atoms with Gasteiger partial charge in [-0.1, -0.05) is 41.7 Å². The number of carbonyl (C=O) groups excluding carboxylic acids is 1. The molecule has 7 heteroatoms. The van der Waals surface area contributed by atoms with Crippen LogP contribution in [0.1, 0.15) is 13.3 Å². The Bertz CT molecular complexity index is 636. The third-order valence-corrected chi connectivity index (χ3v) is 3.94. The monoisotopic (exact) mass is 374 g/mol. The molecule has 0 saturated carbocycles. The van der Waals surface area contributed by atoms with Crippen LogP contribution in [0.15, 0.2) is 36.7 Å². The van der Waals surface area contributed by atoms with Crippen LogP contribution < -0.4 is 4.74 Å². The second-order valence-corrected chi connectivity index (χ2v) is 6.16. The first-order chi connectivity index (χ1) is 11.0. The molecule has 0 aliphatic rings. The van der Waals surface area contributed by atoms with Gasteiger partial charge in [-0.2, -0.15) is 0 Å². The molecule has 0 aliphatic heterocycles. The summed E-state index contributed by atoms with van der Waals surface area (Å²) in [5, 5.41) is 1.14. The maximum atomic E-state index is 12.4. The molecular formula is C16H17Cl3N2O2. The maximum Gasteiger partial charge on any atom is 0.328 e. The van der Waals surface area contributed by atoms with Crippen LogP contribution in [-0.2, 0) is 0 Å². The quantitative estimate of drug-likeness (QED) is 0.695. The first-order valence-corrected chi connectivity index (χ1v) is 8.36. The lowest BCUT2D eigenvalue weighted by Gasteiger charge is -2.22. The molecule has 124 valence electrons. The SMILES string of the molecule is CCCN(CCOc1c(Cl)cc(Cl)cc1Cl)C(=O)n1cccc1. The molecule has 0 saturated heterocycles. The number of hydrogen-bond acceptors (Lipinski definition) is 2. The van der Waals surface area contributed by atoms with Gasteiger partial charge >= 0.3 is 6.03 Å². The van der Waals surface area contributed by atoms with Gasteiger partial charge in [0.2, 0.25) is 0 Å². The molecular weight excluding hydrogens is 359 g/mol. The fourth-order valence-corrected chi connectivity index (χ4v) is 3.05. The highest BCUT2D eigenvalue weighted by molar-refractivity contribution is 6.40. The Morgan fingerprint density at radius 3 is 2.30 bits per heavy atom. The lowest BCUT2D eigenvalue weighted by molar-refractivity contribution is 0.184. The minimum atomic E-state index is -0.0891. The summed E-state index contributed by atoms with van der Waals surface area (Å²) in [4.78, 5) is 14.1. The molecule has 0 atom stereocenters. The number of hydrogen-bond donors (Lipinski definition) is 0. The van der Waals surface area contributed by atoms with Gasteiger partial charge in [0, 0.05) is 24.0 Å². The van der Waals surface area contributed by atoms with Crippen molar-refractivity contribution < 1.29 is 9.53 Å². The van der Waals surface area contributed by atoms with E-state index in [1.54, 1.807) is 29.4 Å². The lowest BCUT2D eigenvalue weighted by Crippen LogP contribution is -2.37. The molecule has 1 aromatic heterocycles. The van der Waals surface area contributed by atoms with Crippen molar-refractivity contribution in [3.8, 4) is 5.75 Å². The van der Waals surface area contributed by atoms with Gasteiger partial charge in [0.1, 0.15) is 6.61 Å². The normalized spacial score (nSPS) is 10.6. The lowest BCUT2D eigenvalue weighted by atomic mass is 10.3. The van der Waals surface area contributed by atoms with Gasteiger partial charge in [-0.25, -0.2) is 4.79 Å². The molecule has 0 spiro atoms. The van der Waals surface area contributed by atoms with E-state index < -0.39 is 0 Å². The smallest absolute Gasteiger partial charge is 0.328 e. The Hall–Kier alpha value is -1.36. The fourth-order valence-electron chi connectivity index (χ4n) is 2.12. The largest absolute Gasteiger partial charge is 0.489 e. The van der Waals surface area contributed by atoms with Crippen molar-refractivity contribution in [3.63, 3.8) is 0 Å². The van der Waals surface area contributed by atoms with Crippen LogP contribution in [0.2, 0.25) is 15.1 Å². The molecule has 2 rings (SSSR count). The van der Waals surface area contributed by atoms with Crippen LogP contribution in [0, 0.1) is 0 Å². The number of carbonyl (C=O) groups is 1. The van der Waals surface area contributed by atoms with Crippen molar-refractivity contribution in [3.05, 3.63) is 51.7 Å². The zero-order chi connectivity index (χ0) is 16.8. The number of halogens is 3. The Labute approximate surface area is 150 Å². The van der Waals surface area contributed by atoms with Crippen molar-refractivity contribution in [2.24, 2.45) is 0 Å². The fraction of sp³-hybridized carbons (Fsp3) is 0.312. The van der Waals surface area contributed by atoms with Gasteiger partial charge in [0.15, 0.2) is 5.75 Å². The number of nitrogens with zero attached hydrogens (tertiary/aromatic N) is 2. The molecule has 2 aromatic rings. The van der Waals surface area contributed by atoms with E-state index in [9.17, 15) is 4.79 Å². The minimum absolute atomic E-state index is 0.0891. The number of amides is 1. The van der Waals surface area contributed by atoms with Crippen molar-refractivity contribution in [1.29, 1.82) is 0 Å². The summed E-state index contributed by atoms with van der Waals surface area (Å²) in [6.45, 7) is 3.38. The first-order valence-electron chi connectivity index (χ1n) is 7.22. The molecule has 0 N–H and O–H groups in total. The van der Waals surface area contributed by atoms with E-state index in [0.717, 1.165) is 6.42 Å². The van der Waals surface area contributed by atoms with E-state index in [1.165, 1.54) is 4.57 Å². The van der Waals surface area contributed by atoms with Crippen molar-refractivity contribution in [1.82, 2.24) is 9.47 Å². The van der Waals surface area contributed by atoms with Crippen molar-refractivity contribution >= 4 is 40.8 Å². The van der Waals surface area contributed by atoms with Crippen LogP contribution in [0.3, 0.4) is 0 Å². The van der Waals surface area contributed by atoms with E-state index in [4.69, 9.17) is 39.5 Å². The minimum Gasteiger partial charge on any atom is -0.489 e. The second kappa shape index (κ2) is 8.48. The summed E-state index contributed by atoms with van der Waals surface area (Å²) in [6, 6.07) is 6.67. The van der Waals surface area contributed by atoms with Crippen LogP contribution in [0.5, 0.6) is 5.75 Å². The standard InChI is InChI=1S/C16H17Cl3N2O2/c1-2-5-20(16(22)21-6-3-4-7-21)8-9-23-15-13(18)10-12(17)11-14(15)19/h3-4,6-7,10-11H,2,5,8-9H2,1H3. The summed E-state index contributed by atoms with van der Waals surface area (Å²) >= 11 is 18.0. The average Bonchev–Trinajstić information content (AvgIpc) is 3.02. The molecule has 1 aromatic carbocycles. The van der Waals surface area contributed by atoms with E-state index in [2.05, 4.69) is 0 Å². The van der Waals surface area contributed by atoms with Gasteiger partial charge in [-0.3, -0.25) is 4.57 Å². The highest BCUT2D eigenvalue weighted by Gasteiger charge is 2.15. The third-order valence-electron chi connectivity index (χ3n) is 3.16. The zero-order valence-electron chi connectivity index (χ0n) is 12.6. The number of rotatable bonds is 6. The molecule has 0 fully saturated rings. The summed E-state index contributed by atoms with van der Waals surface area (Å²) in [5.74, 6) is 0.377. The first kappa shape index (κ1) is 18.0. The average molecular weight is 376 g/mol. The Balaban J connectivity index is 1.99. The van der Waals surface area contributed by atoms with E-state index in [0.29, 0.717) is 33.9 Å². The molecule has 0 unspecified atom stereocenters. The highest BCUT2D eigenvalue weighted by atomic mass is 35.5. The van der Waals surface area contributed by atoms with Crippen LogP contribution >= 0.6 is 34.8 Å². The Morgan fingerprint density at radius 1 is 1.13 bits per heavy atom. The summed E-state index contributed by atoms with van der Waals surface area (Å²) < 4.78 is 7.18. The van der Waals surface area contributed by atoms with Crippen molar-refractivity contribution in [2.45, 2.75) is 13.3 Å². The van der Waals surface area contributed by atoms with Gasteiger partial charge < -0.3 is 9.64 Å². The molecule has 0 bridgehead atoms. The summed E-state index contributed by atoms with van der Waals surface area (Å²) in [6.07, 6.45) is 4.30. The number of benzene rings is 1. The predicted octanol–water partition coefficient (Wildman–Crippen LogP) is 5.21. The van der Waals surface area contributed by atoms with E-state index in [-0.39, 0.29) is 12.6 Å².